The Balaban J connectivity index is 2.32. The molecule has 20 heavy (non-hydrogen) atoms. The number of alkyl halides is 1. The molecule has 0 N–H and O–H groups in total. The molecule has 2 aromatic carbocycles. The van der Waals surface area contributed by atoms with Gasteiger partial charge in [-0.05, 0) is 42.8 Å². The summed E-state index contributed by atoms with van der Waals surface area (Å²) < 4.78 is 18.6. The number of hydrogen-bond acceptors (Lipinski definition) is 3. The average molecular weight is 340 g/mol. The minimum absolute atomic E-state index is 0.0325. The second-order valence-corrected chi connectivity index (χ2v) is 4.75. The van der Waals surface area contributed by atoms with Crippen LogP contribution >= 0.6 is 15.9 Å². The number of benzene rings is 2. The number of nitrogens with zero attached hydrogens (tertiary/aromatic N) is 1. The van der Waals surface area contributed by atoms with Crippen molar-refractivity contribution >= 4 is 21.6 Å². The van der Waals surface area contributed by atoms with Gasteiger partial charge in [-0.15, -0.1) is 0 Å². The van der Waals surface area contributed by atoms with Gasteiger partial charge in [-0.25, -0.2) is 4.39 Å². The Morgan fingerprint density at radius 3 is 2.65 bits per heavy atom. The van der Waals surface area contributed by atoms with E-state index in [1.807, 2.05) is 0 Å². The topological polar surface area (TPSA) is 52.4 Å². The maximum atomic E-state index is 13.0. The van der Waals surface area contributed by atoms with Gasteiger partial charge in [0.1, 0.15) is 17.3 Å². The van der Waals surface area contributed by atoms with Crippen LogP contribution in [0.5, 0.6) is 11.5 Å². The van der Waals surface area contributed by atoms with Crippen molar-refractivity contribution in [2.75, 3.05) is 0 Å². The van der Waals surface area contributed by atoms with Crippen molar-refractivity contribution in [3.05, 3.63) is 63.5 Å². The van der Waals surface area contributed by atoms with Crippen LogP contribution in [0.1, 0.15) is 11.1 Å². The molecule has 0 saturated carbocycles. The third-order valence-corrected chi connectivity index (χ3v) is 3.36. The molecule has 0 amide bonds. The molecule has 0 spiro atoms. The zero-order chi connectivity index (χ0) is 14.7. The summed E-state index contributed by atoms with van der Waals surface area (Å²) in [7, 11) is 0. The molecule has 0 unspecified atom stereocenters. The molecule has 6 heteroatoms. The second kappa shape index (κ2) is 6.00. The summed E-state index contributed by atoms with van der Waals surface area (Å²) in [6, 6.07) is 8.71. The second-order valence-electron chi connectivity index (χ2n) is 4.19. The van der Waals surface area contributed by atoms with Crippen LogP contribution in [0.4, 0.5) is 10.1 Å². The van der Waals surface area contributed by atoms with Crippen LogP contribution in [-0.2, 0) is 5.33 Å². The predicted octanol–water partition coefficient (Wildman–Crippen LogP) is 4.73. The van der Waals surface area contributed by atoms with Crippen molar-refractivity contribution in [1.29, 1.82) is 0 Å². The highest BCUT2D eigenvalue weighted by atomic mass is 79.9. The van der Waals surface area contributed by atoms with Crippen LogP contribution in [0, 0.1) is 22.9 Å². The first kappa shape index (κ1) is 14.5. The van der Waals surface area contributed by atoms with E-state index in [1.54, 1.807) is 13.0 Å². The zero-order valence-corrected chi connectivity index (χ0v) is 12.2. The number of nitro groups is 1. The van der Waals surface area contributed by atoms with Gasteiger partial charge in [0.25, 0.3) is 5.69 Å². The number of ether oxygens (including phenoxy) is 1. The molecule has 0 heterocycles. The SMILES string of the molecule is Cc1cc(F)ccc1Oc1ccc([N+](=O)[O-])c(CBr)c1. The van der Waals surface area contributed by atoms with Crippen molar-refractivity contribution in [3.63, 3.8) is 0 Å². The first-order chi connectivity index (χ1) is 9.51. The molecular weight excluding hydrogens is 329 g/mol. The number of rotatable bonds is 4. The lowest BCUT2D eigenvalue weighted by Gasteiger charge is -2.09. The summed E-state index contributed by atoms with van der Waals surface area (Å²) in [5.41, 5.74) is 1.21. The molecule has 0 fully saturated rings. The Morgan fingerprint density at radius 1 is 1.30 bits per heavy atom. The standard InChI is InChI=1S/C14H11BrFNO3/c1-9-6-11(16)2-5-14(9)20-12-3-4-13(17(18)19)10(7-12)8-15/h2-7H,8H2,1H3. The number of halogens is 2. The van der Waals surface area contributed by atoms with E-state index < -0.39 is 4.92 Å². The van der Waals surface area contributed by atoms with Crippen LogP contribution in [0.15, 0.2) is 36.4 Å². The van der Waals surface area contributed by atoms with Crippen LogP contribution in [0.25, 0.3) is 0 Å². The smallest absolute Gasteiger partial charge is 0.273 e. The average Bonchev–Trinajstić information content (AvgIpc) is 2.41. The zero-order valence-electron chi connectivity index (χ0n) is 10.6. The number of hydrogen-bond donors (Lipinski definition) is 0. The Hall–Kier alpha value is -1.95. The first-order valence-corrected chi connectivity index (χ1v) is 6.90. The summed E-state index contributed by atoms with van der Waals surface area (Å²) >= 11 is 3.21. The summed E-state index contributed by atoms with van der Waals surface area (Å²) in [6.45, 7) is 1.73. The van der Waals surface area contributed by atoms with Crippen molar-refractivity contribution in [2.24, 2.45) is 0 Å². The molecule has 4 nitrogen and oxygen atoms in total. The van der Waals surface area contributed by atoms with E-state index in [0.29, 0.717) is 28.0 Å². The molecule has 0 atom stereocenters. The fraction of sp³-hybridized carbons (Fsp3) is 0.143. The van der Waals surface area contributed by atoms with Crippen LogP contribution in [0.2, 0.25) is 0 Å². The molecule has 0 saturated heterocycles. The monoisotopic (exact) mass is 339 g/mol. The van der Waals surface area contributed by atoms with Gasteiger partial charge in [0.05, 0.1) is 4.92 Å². The van der Waals surface area contributed by atoms with Crippen LogP contribution in [0.3, 0.4) is 0 Å². The molecule has 0 bridgehead atoms. The molecule has 104 valence electrons. The molecular formula is C14H11BrFNO3. The van der Waals surface area contributed by atoms with Gasteiger partial charge in [0.15, 0.2) is 0 Å². The summed E-state index contributed by atoms with van der Waals surface area (Å²) in [5, 5.41) is 11.2. The first-order valence-electron chi connectivity index (χ1n) is 5.78. The largest absolute Gasteiger partial charge is 0.457 e. The molecule has 0 aliphatic carbocycles. The van der Waals surface area contributed by atoms with E-state index in [1.165, 1.54) is 30.3 Å². The highest BCUT2D eigenvalue weighted by molar-refractivity contribution is 9.08. The van der Waals surface area contributed by atoms with Gasteiger partial charge < -0.3 is 4.74 Å². The minimum atomic E-state index is -0.441. The van der Waals surface area contributed by atoms with E-state index in [0.717, 1.165) is 0 Å². The Morgan fingerprint density at radius 2 is 2.05 bits per heavy atom. The third-order valence-electron chi connectivity index (χ3n) is 2.76. The predicted molar refractivity (Wildman–Crippen MR) is 76.9 cm³/mol. The van der Waals surface area contributed by atoms with E-state index in [9.17, 15) is 14.5 Å². The fourth-order valence-electron chi connectivity index (χ4n) is 1.76. The summed E-state index contributed by atoms with van der Waals surface area (Å²) in [6.07, 6.45) is 0. The molecule has 0 aromatic heterocycles. The van der Waals surface area contributed by atoms with E-state index in [4.69, 9.17) is 4.74 Å². The Kier molecular flexibility index (Phi) is 4.34. The van der Waals surface area contributed by atoms with Crippen molar-refractivity contribution in [1.82, 2.24) is 0 Å². The van der Waals surface area contributed by atoms with E-state index >= 15 is 0 Å². The maximum absolute atomic E-state index is 13.0. The third kappa shape index (κ3) is 3.14. The van der Waals surface area contributed by atoms with Gasteiger partial charge in [-0.1, -0.05) is 15.9 Å². The van der Waals surface area contributed by atoms with Crippen LogP contribution in [-0.4, -0.2) is 4.92 Å². The lowest BCUT2D eigenvalue weighted by molar-refractivity contribution is -0.385. The van der Waals surface area contributed by atoms with Gasteiger partial charge in [-0.2, -0.15) is 0 Å². The summed E-state index contributed by atoms with van der Waals surface area (Å²) in [4.78, 5) is 10.4. The molecule has 2 aromatic rings. The maximum Gasteiger partial charge on any atom is 0.273 e. The highest BCUT2D eigenvalue weighted by Crippen LogP contribution is 2.30. The van der Waals surface area contributed by atoms with Gasteiger partial charge in [0.2, 0.25) is 0 Å². The Labute approximate surface area is 123 Å². The number of nitro benzene ring substituents is 1. The Bertz CT molecular complexity index is 661. The van der Waals surface area contributed by atoms with Crippen molar-refractivity contribution in [2.45, 2.75) is 12.3 Å². The molecule has 0 aliphatic heterocycles. The van der Waals surface area contributed by atoms with Gasteiger partial charge >= 0.3 is 0 Å². The molecule has 0 radical (unpaired) electrons. The van der Waals surface area contributed by atoms with Crippen molar-refractivity contribution in [3.8, 4) is 11.5 Å². The lowest BCUT2D eigenvalue weighted by Crippen LogP contribution is -1.95. The number of aryl methyl sites for hydroxylation is 1. The van der Waals surface area contributed by atoms with Crippen molar-refractivity contribution < 1.29 is 14.1 Å². The molecule has 0 aliphatic rings. The molecule has 2 rings (SSSR count). The van der Waals surface area contributed by atoms with E-state index in [-0.39, 0.29) is 11.5 Å². The quantitative estimate of drug-likeness (QED) is 0.459. The summed E-state index contributed by atoms with van der Waals surface area (Å²) in [5.74, 6) is 0.653. The lowest BCUT2D eigenvalue weighted by atomic mass is 10.2. The van der Waals surface area contributed by atoms with Gasteiger partial charge in [0, 0.05) is 17.0 Å². The van der Waals surface area contributed by atoms with E-state index in [2.05, 4.69) is 15.9 Å². The van der Waals surface area contributed by atoms with Gasteiger partial charge in [-0.3, -0.25) is 10.1 Å². The van der Waals surface area contributed by atoms with Crippen LogP contribution < -0.4 is 4.74 Å². The normalized spacial score (nSPS) is 10.3. The minimum Gasteiger partial charge on any atom is -0.457 e. The fourth-order valence-corrected chi connectivity index (χ4v) is 2.21. The highest BCUT2D eigenvalue weighted by Gasteiger charge is 2.14.